The number of hydrogen-bond donors (Lipinski definition) is 2. The fourth-order valence-corrected chi connectivity index (χ4v) is 3.70. The molecule has 0 atom stereocenters. The second-order valence-electron chi connectivity index (χ2n) is 6.80. The maximum atomic E-state index is 13.8. The Balaban J connectivity index is 0.00000261. The summed E-state index contributed by atoms with van der Waals surface area (Å²) in [5.41, 5.74) is 1.48. The van der Waals surface area contributed by atoms with Gasteiger partial charge >= 0.3 is 0 Å². The van der Waals surface area contributed by atoms with Crippen LogP contribution in [-0.4, -0.2) is 26.3 Å². The predicted molar refractivity (Wildman–Crippen MR) is 118 cm³/mol. The Morgan fingerprint density at radius 1 is 1.33 bits per heavy atom. The number of hydrogen-bond acceptors (Lipinski definition) is 4. The molecule has 1 aromatic heterocycles. The molecular weight excluding hydrogens is 480 g/mol. The first-order valence-electron chi connectivity index (χ1n) is 8.50. The van der Waals surface area contributed by atoms with Crippen molar-refractivity contribution in [3.63, 3.8) is 0 Å². The maximum Gasteiger partial charge on any atom is 0.191 e. The van der Waals surface area contributed by atoms with E-state index in [4.69, 9.17) is 9.47 Å². The topological polar surface area (TPSA) is 54.9 Å². The van der Waals surface area contributed by atoms with E-state index in [0.717, 1.165) is 17.7 Å². The van der Waals surface area contributed by atoms with Crippen molar-refractivity contribution in [3.05, 3.63) is 51.5 Å². The third-order valence-electron chi connectivity index (χ3n) is 4.31. The van der Waals surface area contributed by atoms with E-state index in [9.17, 15) is 4.39 Å². The average Bonchev–Trinajstić information content (AvgIpc) is 3.17. The van der Waals surface area contributed by atoms with Gasteiger partial charge in [-0.1, -0.05) is 19.9 Å². The molecule has 0 fully saturated rings. The smallest absolute Gasteiger partial charge is 0.191 e. The molecule has 0 spiro atoms. The molecule has 1 aliphatic heterocycles. The Labute approximate surface area is 180 Å². The molecule has 3 rings (SSSR count). The van der Waals surface area contributed by atoms with Gasteiger partial charge in [0.25, 0.3) is 0 Å². The minimum absolute atomic E-state index is 0. The van der Waals surface area contributed by atoms with E-state index in [0.29, 0.717) is 24.9 Å². The van der Waals surface area contributed by atoms with Crippen LogP contribution in [-0.2, 0) is 23.3 Å². The molecule has 5 nitrogen and oxygen atoms in total. The van der Waals surface area contributed by atoms with Gasteiger partial charge in [0.15, 0.2) is 12.8 Å². The molecule has 1 aromatic carbocycles. The lowest BCUT2D eigenvalue weighted by Gasteiger charge is -2.25. The van der Waals surface area contributed by atoms with Crippen LogP contribution < -0.4 is 15.4 Å². The lowest BCUT2D eigenvalue weighted by atomic mass is 9.91. The summed E-state index contributed by atoms with van der Waals surface area (Å²) in [6, 6.07) is 7.14. The van der Waals surface area contributed by atoms with Crippen LogP contribution in [0.5, 0.6) is 5.75 Å². The maximum absolute atomic E-state index is 13.8. The standard InChI is InChI=1S/C19H24FN3O2S.HI/c1-19(2,16-5-4-6-26-16)11-23-18(21-3)22-9-13-7-15(20)8-14-10-24-12-25-17(13)14;/h4-8H,9-12H2,1-3H3,(H2,21,22,23);1H. The zero-order chi connectivity index (χ0) is 18.6. The van der Waals surface area contributed by atoms with E-state index in [1.165, 1.54) is 17.0 Å². The Kier molecular flexibility index (Phi) is 7.87. The zero-order valence-corrected chi connectivity index (χ0v) is 18.8. The van der Waals surface area contributed by atoms with E-state index in [-0.39, 0.29) is 42.0 Å². The van der Waals surface area contributed by atoms with Gasteiger partial charge in [-0.15, -0.1) is 35.3 Å². The fraction of sp³-hybridized carbons (Fsp3) is 0.421. The van der Waals surface area contributed by atoms with Crippen molar-refractivity contribution >= 4 is 41.3 Å². The summed E-state index contributed by atoms with van der Waals surface area (Å²) in [5.74, 6) is 1.07. The number of nitrogens with zero attached hydrogens (tertiary/aromatic N) is 1. The lowest BCUT2D eigenvalue weighted by molar-refractivity contribution is -0.0172. The summed E-state index contributed by atoms with van der Waals surface area (Å²) in [7, 11) is 1.72. The van der Waals surface area contributed by atoms with Crippen molar-refractivity contribution in [2.24, 2.45) is 4.99 Å². The van der Waals surface area contributed by atoms with E-state index in [1.54, 1.807) is 18.4 Å². The Morgan fingerprint density at radius 2 is 2.15 bits per heavy atom. The Bertz CT molecular complexity index is 782. The van der Waals surface area contributed by atoms with Gasteiger partial charge in [-0.25, -0.2) is 4.39 Å². The second-order valence-corrected chi connectivity index (χ2v) is 7.75. The monoisotopic (exact) mass is 505 g/mol. The quantitative estimate of drug-likeness (QED) is 0.367. The van der Waals surface area contributed by atoms with Gasteiger partial charge in [0.2, 0.25) is 0 Å². The van der Waals surface area contributed by atoms with Crippen molar-refractivity contribution in [3.8, 4) is 5.75 Å². The largest absolute Gasteiger partial charge is 0.467 e. The molecule has 2 aromatic rings. The molecule has 0 saturated carbocycles. The summed E-state index contributed by atoms with van der Waals surface area (Å²) in [6.45, 7) is 6.08. The highest BCUT2D eigenvalue weighted by Crippen LogP contribution is 2.29. The lowest BCUT2D eigenvalue weighted by Crippen LogP contribution is -2.43. The zero-order valence-electron chi connectivity index (χ0n) is 15.7. The van der Waals surface area contributed by atoms with E-state index in [1.807, 2.05) is 0 Å². The van der Waals surface area contributed by atoms with Crippen molar-refractivity contribution in [1.29, 1.82) is 0 Å². The van der Waals surface area contributed by atoms with Crippen LogP contribution in [0.1, 0.15) is 29.9 Å². The van der Waals surface area contributed by atoms with Crippen LogP contribution in [0.2, 0.25) is 0 Å². The van der Waals surface area contributed by atoms with Crippen LogP contribution in [0.3, 0.4) is 0 Å². The first kappa shape index (κ1) is 21.9. The first-order valence-corrected chi connectivity index (χ1v) is 9.38. The third-order valence-corrected chi connectivity index (χ3v) is 5.54. The van der Waals surface area contributed by atoms with Crippen LogP contribution in [0.4, 0.5) is 4.39 Å². The Morgan fingerprint density at radius 3 is 2.85 bits per heavy atom. The molecule has 148 valence electrons. The molecule has 8 heteroatoms. The van der Waals surface area contributed by atoms with Crippen LogP contribution >= 0.6 is 35.3 Å². The highest BCUT2D eigenvalue weighted by Gasteiger charge is 2.22. The molecule has 0 amide bonds. The minimum atomic E-state index is -0.295. The number of halogens is 2. The molecule has 0 unspecified atom stereocenters. The average molecular weight is 505 g/mol. The summed E-state index contributed by atoms with van der Waals surface area (Å²) in [4.78, 5) is 5.57. The third kappa shape index (κ3) is 5.55. The number of ether oxygens (including phenoxy) is 2. The van der Waals surface area contributed by atoms with Gasteiger partial charge in [-0.05, 0) is 23.6 Å². The molecule has 0 aliphatic carbocycles. The number of guanidine groups is 1. The second kappa shape index (κ2) is 9.70. The van der Waals surface area contributed by atoms with Crippen LogP contribution in [0.15, 0.2) is 34.6 Å². The van der Waals surface area contributed by atoms with Gasteiger partial charge in [0.1, 0.15) is 11.6 Å². The number of benzene rings is 1. The summed E-state index contributed by atoms with van der Waals surface area (Å²) < 4.78 is 24.6. The fourth-order valence-electron chi connectivity index (χ4n) is 2.84. The highest BCUT2D eigenvalue weighted by molar-refractivity contribution is 14.0. The highest BCUT2D eigenvalue weighted by atomic mass is 127. The molecule has 0 bridgehead atoms. The molecule has 0 saturated heterocycles. The van der Waals surface area contributed by atoms with Crippen LogP contribution in [0.25, 0.3) is 0 Å². The van der Waals surface area contributed by atoms with Crippen molar-refractivity contribution in [1.82, 2.24) is 10.6 Å². The van der Waals surface area contributed by atoms with Gasteiger partial charge in [-0.3, -0.25) is 4.99 Å². The normalized spacial score (nSPS) is 14.0. The van der Waals surface area contributed by atoms with E-state index < -0.39 is 0 Å². The van der Waals surface area contributed by atoms with Gasteiger partial charge < -0.3 is 20.1 Å². The van der Waals surface area contributed by atoms with Crippen LogP contribution in [0, 0.1) is 5.82 Å². The summed E-state index contributed by atoms with van der Waals surface area (Å²) >= 11 is 1.75. The van der Waals surface area contributed by atoms with Crippen molar-refractivity contribution < 1.29 is 13.9 Å². The number of nitrogens with one attached hydrogen (secondary N) is 2. The molecule has 2 N–H and O–H groups in total. The van der Waals surface area contributed by atoms with Gasteiger partial charge in [-0.2, -0.15) is 0 Å². The van der Waals surface area contributed by atoms with Gasteiger partial charge in [0, 0.05) is 41.6 Å². The molecular formula is C19H25FIN3O2S. The summed E-state index contributed by atoms with van der Waals surface area (Å²) in [6.07, 6.45) is 0. The number of fused-ring (bicyclic) bond motifs is 1. The first-order chi connectivity index (χ1) is 12.5. The van der Waals surface area contributed by atoms with Crippen molar-refractivity contribution in [2.45, 2.75) is 32.4 Å². The number of rotatable bonds is 5. The minimum Gasteiger partial charge on any atom is -0.467 e. The Hall–Kier alpha value is -1.39. The van der Waals surface area contributed by atoms with E-state index in [2.05, 4.69) is 47.0 Å². The summed E-state index contributed by atoms with van der Waals surface area (Å²) in [5, 5.41) is 8.67. The number of thiophene rings is 1. The SMILES string of the molecule is CN=C(NCc1cc(F)cc2c1OCOC2)NCC(C)(C)c1cccs1.I. The number of aliphatic imine (C=N–C) groups is 1. The van der Waals surface area contributed by atoms with E-state index >= 15 is 0 Å². The molecule has 27 heavy (non-hydrogen) atoms. The van der Waals surface area contributed by atoms with Crippen molar-refractivity contribution in [2.75, 3.05) is 20.4 Å². The van der Waals surface area contributed by atoms with Gasteiger partial charge in [0.05, 0.1) is 6.61 Å². The molecule has 0 radical (unpaired) electrons. The molecule has 2 heterocycles. The molecule has 1 aliphatic rings. The predicted octanol–water partition coefficient (Wildman–Crippen LogP) is 4.01.